The zero-order valence-corrected chi connectivity index (χ0v) is 25.7. The maximum Gasteiger partial charge on any atom is 0.407 e. The summed E-state index contributed by atoms with van der Waals surface area (Å²) in [5.41, 5.74) is 0. The van der Waals surface area contributed by atoms with Crippen LogP contribution in [0.5, 0.6) is 0 Å². The monoisotopic (exact) mass is 536 g/mol. The fraction of sp³-hybridized carbons (Fsp3) is 0.600. The Morgan fingerprint density at radius 1 is 0.474 bits per heavy atom. The average Bonchev–Trinajstić information content (AvgIpc) is 2.96. The van der Waals surface area contributed by atoms with E-state index in [2.05, 4.69) is 86.7 Å². The number of hydrogen-bond donors (Lipinski definition) is 0. The van der Waals surface area contributed by atoms with Crippen molar-refractivity contribution in [2.45, 2.75) is 123 Å². The second-order valence-electron chi connectivity index (χ2n) is 10.7. The molecule has 0 spiro atoms. The number of allylic oxidation sites excluding steroid dienone is 1. The Morgan fingerprint density at radius 3 is 1.42 bits per heavy atom. The summed E-state index contributed by atoms with van der Waals surface area (Å²) >= 11 is 0. The van der Waals surface area contributed by atoms with E-state index in [4.69, 9.17) is 8.85 Å². The molecule has 2 rings (SSSR count). The van der Waals surface area contributed by atoms with E-state index >= 15 is 0 Å². The minimum Gasteiger partial charge on any atom is -0.388 e. The molecule has 0 heterocycles. The molecule has 2 nitrogen and oxygen atoms in total. The molecule has 2 aromatic rings. The third-order valence-corrected chi connectivity index (χ3v) is 10.7. The van der Waals surface area contributed by atoms with Gasteiger partial charge in [0.2, 0.25) is 0 Å². The molecule has 0 amide bonds. The fourth-order valence-corrected chi connectivity index (χ4v) is 8.22. The Balaban J connectivity index is 1.87. The van der Waals surface area contributed by atoms with E-state index in [1.165, 1.54) is 107 Å². The van der Waals surface area contributed by atoms with Gasteiger partial charge >= 0.3 is 8.56 Å². The van der Waals surface area contributed by atoms with Crippen LogP contribution in [0.1, 0.15) is 123 Å². The first-order chi connectivity index (χ1) is 18.8. The van der Waals surface area contributed by atoms with Gasteiger partial charge in [-0.2, -0.15) is 0 Å². The smallest absolute Gasteiger partial charge is 0.388 e. The number of benzene rings is 2. The van der Waals surface area contributed by atoms with Gasteiger partial charge < -0.3 is 8.85 Å². The Hall–Kier alpha value is -1.68. The van der Waals surface area contributed by atoms with Crippen LogP contribution in [0.25, 0.3) is 0 Å². The first-order valence-electron chi connectivity index (χ1n) is 15.9. The van der Waals surface area contributed by atoms with Crippen molar-refractivity contribution in [3.05, 3.63) is 72.8 Å². The molecule has 0 saturated heterocycles. The zero-order valence-electron chi connectivity index (χ0n) is 24.7. The van der Waals surface area contributed by atoms with Crippen molar-refractivity contribution in [3.63, 3.8) is 0 Å². The van der Waals surface area contributed by atoms with Gasteiger partial charge in [-0.25, -0.2) is 0 Å². The fourth-order valence-electron chi connectivity index (χ4n) is 5.03. The molecule has 0 saturated carbocycles. The van der Waals surface area contributed by atoms with Crippen molar-refractivity contribution in [3.8, 4) is 0 Å². The molecule has 0 aliphatic heterocycles. The molecule has 0 fully saturated rings. The largest absolute Gasteiger partial charge is 0.407 e. The summed E-state index contributed by atoms with van der Waals surface area (Å²) in [5.74, 6) is 0. The van der Waals surface area contributed by atoms with Gasteiger partial charge in [0.1, 0.15) is 0 Å². The van der Waals surface area contributed by atoms with E-state index < -0.39 is 8.56 Å². The Labute approximate surface area is 236 Å². The Morgan fingerprint density at radius 2 is 0.895 bits per heavy atom. The van der Waals surface area contributed by atoms with Gasteiger partial charge in [0, 0.05) is 13.2 Å². The van der Waals surface area contributed by atoms with Crippen LogP contribution in [0, 0.1) is 0 Å². The van der Waals surface area contributed by atoms with E-state index in [9.17, 15) is 0 Å². The first-order valence-corrected chi connectivity index (χ1v) is 17.7. The standard InChI is InChI=1S/C35H56O2Si/c1-3-5-7-9-11-12-13-14-15-17-19-27-33-37-38(34-28-22-20-23-29-34,35-30-24-21-25-31-35)36-32-26-18-16-10-8-6-4-2/h17,19-25,28-31H,3-16,18,26-27,32-33H2,1-2H3/b19-17+. The summed E-state index contributed by atoms with van der Waals surface area (Å²) in [6, 6.07) is 21.4. The normalized spacial score (nSPS) is 11.9. The lowest BCUT2D eigenvalue weighted by Crippen LogP contribution is -2.63. The van der Waals surface area contributed by atoms with Gasteiger partial charge in [0.05, 0.1) is 0 Å². The molecule has 0 atom stereocenters. The molecule has 3 heteroatoms. The SMILES string of the molecule is CCCCCCCCCC/C=C/CCO[Si](OCCCCCCCCC)(c1ccccc1)c1ccccc1. The summed E-state index contributed by atoms with van der Waals surface area (Å²) in [5, 5.41) is 2.41. The van der Waals surface area contributed by atoms with Crippen molar-refractivity contribution in [1.29, 1.82) is 0 Å². The molecule has 212 valence electrons. The summed E-state index contributed by atoms with van der Waals surface area (Å²) in [4.78, 5) is 0. The Kier molecular flexibility index (Phi) is 19.0. The van der Waals surface area contributed by atoms with Gasteiger partial charge in [-0.1, -0.05) is 170 Å². The number of hydrogen-bond acceptors (Lipinski definition) is 2. The molecule has 0 unspecified atom stereocenters. The van der Waals surface area contributed by atoms with Crippen LogP contribution in [0.3, 0.4) is 0 Å². The lowest BCUT2D eigenvalue weighted by Gasteiger charge is -2.31. The van der Waals surface area contributed by atoms with Crippen LogP contribution < -0.4 is 10.4 Å². The molecular weight excluding hydrogens is 480 g/mol. The summed E-state index contributed by atoms with van der Waals surface area (Å²) in [6.45, 7) is 6.02. The van der Waals surface area contributed by atoms with E-state index in [1.54, 1.807) is 0 Å². The number of rotatable bonds is 24. The van der Waals surface area contributed by atoms with E-state index in [-0.39, 0.29) is 0 Å². The quantitative estimate of drug-likeness (QED) is 0.0755. The number of unbranched alkanes of at least 4 members (excludes halogenated alkanes) is 14. The van der Waals surface area contributed by atoms with Crippen molar-refractivity contribution in [2.24, 2.45) is 0 Å². The highest BCUT2D eigenvalue weighted by molar-refractivity contribution is 6.92. The third-order valence-electron chi connectivity index (χ3n) is 7.34. The van der Waals surface area contributed by atoms with E-state index in [1.807, 2.05) is 0 Å². The molecular formula is C35H56O2Si. The second kappa shape index (κ2) is 22.2. The second-order valence-corrected chi connectivity index (χ2v) is 13.7. The van der Waals surface area contributed by atoms with Crippen LogP contribution in [0.2, 0.25) is 0 Å². The van der Waals surface area contributed by atoms with Gasteiger partial charge in [0.15, 0.2) is 0 Å². The van der Waals surface area contributed by atoms with Gasteiger partial charge in [-0.15, -0.1) is 0 Å². The van der Waals surface area contributed by atoms with Crippen LogP contribution >= 0.6 is 0 Å². The lowest BCUT2D eigenvalue weighted by molar-refractivity contribution is 0.190. The van der Waals surface area contributed by atoms with Crippen molar-refractivity contribution >= 4 is 18.9 Å². The molecule has 0 aliphatic carbocycles. The van der Waals surface area contributed by atoms with Crippen molar-refractivity contribution in [2.75, 3.05) is 13.2 Å². The minimum atomic E-state index is -2.76. The summed E-state index contributed by atoms with van der Waals surface area (Å²) in [6.07, 6.45) is 26.8. The molecule has 0 N–H and O–H groups in total. The van der Waals surface area contributed by atoms with Gasteiger partial charge in [-0.3, -0.25) is 0 Å². The average molecular weight is 537 g/mol. The van der Waals surface area contributed by atoms with Gasteiger partial charge in [0.25, 0.3) is 0 Å². The maximum atomic E-state index is 6.83. The molecule has 0 aromatic heterocycles. The van der Waals surface area contributed by atoms with E-state index in [0.29, 0.717) is 6.61 Å². The molecule has 2 aromatic carbocycles. The van der Waals surface area contributed by atoms with E-state index in [0.717, 1.165) is 19.4 Å². The highest BCUT2D eigenvalue weighted by Crippen LogP contribution is 2.14. The topological polar surface area (TPSA) is 18.5 Å². The van der Waals surface area contributed by atoms with Crippen LogP contribution in [0.4, 0.5) is 0 Å². The lowest BCUT2D eigenvalue weighted by atomic mass is 10.1. The first kappa shape index (κ1) is 32.5. The molecule has 0 radical (unpaired) electrons. The minimum absolute atomic E-state index is 0.695. The van der Waals surface area contributed by atoms with Crippen molar-refractivity contribution < 1.29 is 8.85 Å². The summed E-state index contributed by atoms with van der Waals surface area (Å²) < 4.78 is 13.6. The van der Waals surface area contributed by atoms with Crippen molar-refractivity contribution in [1.82, 2.24) is 0 Å². The Bertz CT molecular complexity index is 766. The summed E-state index contributed by atoms with van der Waals surface area (Å²) in [7, 11) is -2.76. The molecule has 0 aliphatic rings. The van der Waals surface area contributed by atoms with Crippen LogP contribution in [-0.4, -0.2) is 21.8 Å². The third kappa shape index (κ3) is 13.4. The predicted molar refractivity (Wildman–Crippen MR) is 169 cm³/mol. The highest BCUT2D eigenvalue weighted by atomic mass is 28.4. The maximum absolute atomic E-state index is 6.83. The molecule has 0 bridgehead atoms. The van der Waals surface area contributed by atoms with Crippen LogP contribution in [0.15, 0.2) is 72.8 Å². The predicted octanol–water partition coefficient (Wildman–Crippen LogP) is 9.50. The van der Waals surface area contributed by atoms with Gasteiger partial charge in [-0.05, 0) is 36.1 Å². The van der Waals surface area contributed by atoms with Crippen LogP contribution in [-0.2, 0) is 8.85 Å². The molecule has 38 heavy (non-hydrogen) atoms. The highest BCUT2D eigenvalue weighted by Gasteiger charge is 2.42. The zero-order chi connectivity index (χ0) is 27.0.